The van der Waals surface area contributed by atoms with Crippen LogP contribution in [0.5, 0.6) is 0 Å². The fraction of sp³-hybridized carbons (Fsp3) is 1.00. The molecule has 2 heteroatoms. The fourth-order valence-corrected chi connectivity index (χ4v) is 6.67. The molecule has 4 rings (SSSR count). The van der Waals surface area contributed by atoms with Crippen LogP contribution in [0.3, 0.4) is 0 Å². The van der Waals surface area contributed by atoms with Gasteiger partial charge in [0.05, 0.1) is 0 Å². The van der Waals surface area contributed by atoms with E-state index in [1.165, 1.54) is 84.0 Å². The normalized spacial score (nSPS) is 32.8. The fourth-order valence-electron chi connectivity index (χ4n) is 6.67. The number of nitrogens with zero attached hydrogens (tertiary/aromatic N) is 2. The number of likely N-dealkylation sites (tertiary alicyclic amines) is 2. The standard InChI is InChI=1S/C23H42N2/c1-20(2,3)24-17-23(18-24)12-9-19(14-23)13-21(4,5)25-15-22(16-25)10-7-6-8-11-22/h19H,6-18H2,1-5H3. The molecule has 1 unspecified atom stereocenters. The first-order valence-corrected chi connectivity index (χ1v) is 11.1. The van der Waals surface area contributed by atoms with Gasteiger partial charge in [-0.25, -0.2) is 0 Å². The van der Waals surface area contributed by atoms with E-state index in [4.69, 9.17) is 0 Å². The summed E-state index contributed by atoms with van der Waals surface area (Å²) in [5.74, 6) is 0.972. The van der Waals surface area contributed by atoms with Crippen LogP contribution in [-0.4, -0.2) is 47.1 Å². The van der Waals surface area contributed by atoms with Gasteiger partial charge in [0.25, 0.3) is 0 Å². The molecule has 0 bridgehead atoms. The topological polar surface area (TPSA) is 6.48 Å². The minimum atomic E-state index is 0.370. The molecule has 25 heavy (non-hydrogen) atoms. The Kier molecular flexibility index (Phi) is 4.36. The maximum atomic E-state index is 2.84. The summed E-state index contributed by atoms with van der Waals surface area (Å²) >= 11 is 0. The lowest BCUT2D eigenvalue weighted by Gasteiger charge is -2.59. The molecule has 0 N–H and O–H groups in total. The van der Waals surface area contributed by atoms with E-state index in [0.29, 0.717) is 16.5 Å². The third-order valence-corrected chi connectivity index (χ3v) is 8.42. The second kappa shape index (κ2) is 5.96. The van der Waals surface area contributed by atoms with Gasteiger partial charge in [0.1, 0.15) is 0 Å². The Morgan fingerprint density at radius 2 is 1.36 bits per heavy atom. The van der Waals surface area contributed by atoms with Crippen molar-refractivity contribution in [3.63, 3.8) is 0 Å². The van der Waals surface area contributed by atoms with Crippen molar-refractivity contribution >= 4 is 0 Å². The van der Waals surface area contributed by atoms with E-state index in [2.05, 4.69) is 44.4 Å². The van der Waals surface area contributed by atoms with Gasteiger partial charge in [-0.05, 0) is 89.9 Å². The molecule has 0 aromatic carbocycles. The second-order valence-electron chi connectivity index (χ2n) is 12.1. The van der Waals surface area contributed by atoms with Gasteiger partial charge in [0.2, 0.25) is 0 Å². The minimum Gasteiger partial charge on any atom is -0.297 e. The quantitative estimate of drug-likeness (QED) is 0.682. The molecular weight excluding hydrogens is 304 g/mol. The number of hydrogen-bond donors (Lipinski definition) is 0. The predicted octanol–water partition coefficient (Wildman–Crippen LogP) is 5.32. The molecule has 0 aromatic heterocycles. The Hall–Kier alpha value is -0.0800. The number of rotatable bonds is 3. The molecule has 2 aliphatic heterocycles. The largest absolute Gasteiger partial charge is 0.297 e. The summed E-state index contributed by atoms with van der Waals surface area (Å²) in [6.45, 7) is 17.7. The summed E-state index contributed by atoms with van der Waals surface area (Å²) in [4.78, 5) is 5.54. The molecule has 144 valence electrons. The van der Waals surface area contributed by atoms with Gasteiger partial charge in [-0.3, -0.25) is 9.80 Å². The van der Waals surface area contributed by atoms with Crippen molar-refractivity contribution in [3.8, 4) is 0 Å². The molecule has 4 aliphatic rings. The molecule has 2 saturated carbocycles. The van der Waals surface area contributed by atoms with Crippen LogP contribution in [0, 0.1) is 16.7 Å². The third-order valence-electron chi connectivity index (χ3n) is 8.42. The van der Waals surface area contributed by atoms with Crippen LogP contribution in [-0.2, 0) is 0 Å². The first-order chi connectivity index (χ1) is 11.6. The highest BCUT2D eigenvalue weighted by Crippen LogP contribution is 2.53. The molecule has 4 fully saturated rings. The van der Waals surface area contributed by atoms with Crippen LogP contribution in [0.2, 0.25) is 0 Å². The monoisotopic (exact) mass is 346 g/mol. The lowest BCUT2D eigenvalue weighted by Crippen LogP contribution is -2.64. The van der Waals surface area contributed by atoms with E-state index in [1.807, 2.05) is 0 Å². The number of hydrogen-bond acceptors (Lipinski definition) is 2. The van der Waals surface area contributed by atoms with Crippen molar-refractivity contribution in [2.24, 2.45) is 16.7 Å². The SMILES string of the molecule is CC(C)(C)N1CC2(CCC(CC(C)(C)N3CC4(CCCCC4)C3)C2)C1. The van der Waals surface area contributed by atoms with Crippen LogP contribution in [0.1, 0.15) is 92.4 Å². The van der Waals surface area contributed by atoms with Crippen molar-refractivity contribution in [3.05, 3.63) is 0 Å². The van der Waals surface area contributed by atoms with E-state index in [0.717, 1.165) is 11.3 Å². The maximum Gasteiger partial charge on any atom is 0.0156 e. The summed E-state index contributed by atoms with van der Waals surface area (Å²) in [5, 5.41) is 0. The molecule has 1 atom stereocenters. The van der Waals surface area contributed by atoms with Gasteiger partial charge in [0.15, 0.2) is 0 Å². The zero-order chi connectivity index (χ0) is 17.9. The Labute approximate surface area is 156 Å². The van der Waals surface area contributed by atoms with Crippen molar-refractivity contribution in [2.45, 2.75) is 103 Å². The summed E-state index contributed by atoms with van der Waals surface area (Å²) in [7, 11) is 0. The predicted molar refractivity (Wildman–Crippen MR) is 107 cm³/mol. The van der Waals surface area contributed by atoms with Crippen molar-refractivity contribution in [1.82, 2.24) is 9.80 Å². The van der Waals surface area contributed by atoms with Crippen molar-refractivity contribution < 1.29 is 0 Å². The van der Waals surface area contributed by atoms with Crippen molar-refractivity contribution in [2.75, 3.05) is 26.2 Å². The average Bonchev–Trinajstić information content (AvgIpc) is 2.86. The zero-order valence-electron chi connectivity index (χ0n) is 17.7. The second-order valence-corrected chi connectivity index (χ2v) is 12.1. The Bertz CT molecular complexity index is 481. The smallest absolute Gasteiger partial charge is 0.0156 e. The molecule has 0 radical (unpaired) electrons. The van der Waals surface area contributed by atoms with Gasteiger partial charge < -0.3 is 0 Å². The lowest BCUT2D eigenvalue weighted by atomic mass is 9.66. The van der Waals surface area contributed by atoms with E-state index in [9.17, 15) is 0 Å². The van der Waals surface area contributed by atoms with Crippen LogP contribution in [0.25, 0.3) is 0 Å². The van der Waals surface area contributed by atoms with Crippen LogP contribution in [0.15, 0.2) is 0 Å². The van der Waals surface area contributed by atoms with Gasteiger partial charge >= 0.3 is 0 Å². The highest BCUT2D eigenvalue weighted by atomic mass is 15.3. The lowest BCUT2D eigenvalue weighted by molar-refractivity contribution is -0.0933. The Morgan fingerprint density at radius 1 is 0.760 bits per heavy atom. The summed E-state index contributed by atoms with van der Waals surface area (Å²) in [6, 6.07) is 0. The minimum absolute atomic E-state index is 0.370. The van der Waals surface area contributed by atoms with E-state index >= 15 is 0 Å². The van der Waals surface area contributed by atoms with Crippen LogP contribution in [0.4, 0.5) is 0 Å². The maximum absolute atomic E-state index is 2.84. The highest BCUT2D eigenvalue weighted by Gasteiger charge is 2.53. The molecule has 2 heterocycles. The molecule has 2 saturated heterocycles. The average molecular weight is 347 g/mol. The molecule has 2 spiro atoms. The summed E-state index contributed by atoms with van der Waals surface area (Å²) in [6.07, 6.45) is 13.4. The van der Waals surface area contributed by atoms with Gasteiger partial charge in [-0.1, -0.05) is 19.3 Å². The Balaban J connectivity index is 1.27. The van der Waals surface area contributed by atoms with Crippen LogP contribution >= 0.6 is 0 Å². The van der Waals surface area contributed by atoms with Gasteiger partial charge in [-0.2, -0.15) is 0 Å². The molecule has 0 amide bonds. The van der Waals surface area contributed by atoms with Gasteiger partial charge in [-0.15, -0.1) is 0 Å². The third kappa shape index (κ3) is 3.43. The molecule has 2 aliphatic carbocycles. The van der Waals surface area contributed by atoms with Crippen LogP contribution < -0.4 is 0 Å². The highest BCUT2D eigenvalue weighted by molar-refractivity contribution is 5.06. The van der Waals surface area contributed by atoms with Crippen molar-refractivity contribution in [1.29, 1.82) is 0 Å². The van der Waals surface area contributed by atoms with E-state index in [-0.39, 0.29) is 0 Å². The molecule has 0 aromatic rings. The molecular formula is C23H42N2. The summed E-state index contributed by atoms with van der Waals surface area (Å²) in [5.41, 5.74) is 2.21. The van der Waals surface area contributed by atoms with Gasteiger partial charge in [0, 0.05) is 37.3 Å². The Morgan fingerprint density at radius 3 is 1.96 bits per heavy atom. The first-order valence-electron chi connectivity index (χ1n) is 11.1. The van der Waals surface area contributed by atoms with E-state index in [1.54, 1.807) is 0 Å². The first kappa shape index (κ1) is 18.3. The zero-order valence-corrected chi connectivity index (χ0v) is 17.7. The summed E-state index contributed by atoms with van der Waals surface area (Å²) < 4.78 is 0. The molecule has 2 nitrogen and oxygen atoms in total. The van der Waals surface area contributed by atoms with E-state index < -0.39 is 0 Å².